The molecule has 0 amide bonds. The Balaban J connectivity index is 1.64. The van der Waals surface area contributed by atoms with Gasteiger partial charge in [0.2, 0.25) is 0 Å². The summed E-state index contributed by atoms with van der Waals surface area (Å²) in [7, 11) is 0. The van der Waals surface area contributed by atoms with Gasteiger partial charge in [-0.15, -0.1) is 0 Å². The van der Waals surface area contributed by atoms with Crippen molar-refractivity contribution < 1.29 is 9.15 Å². The molecule has 4 rings (SSSR count). The fourth-order valence-electron chi connectivity index (χ4n) is 3.16. The number of aromatic nitrogens is 2. The Hall–Kier alpha value is -3.01. The van der Waals surface area contributed by atoms with Crippen molar-refractivity contribution in [2.24, 2.45) is 0 Å². The van der Waals surface area contributed by atoms with E-state index < -0.39 is 0 Å². The van der Waals surface area contributed by atoms with Gasteiger partial charge in [-0.1, -0.05) is 30.3 Å². The van der Waals surface area contributed by atoms with Gasteiger partial charge in [-0.2, -0.15) is 0 Å². The van der Waals surface area contributed by atoms with Gasteiger partial charge in [0.1, 0.15) is 12.4 Å². The van der Waals surface area contributed by atoms with Crippen LogP contribution >= 0.6 is 0 Å². The van der Waals surface area contributed by atoms with Crippen LogP contribution in [0.15, 0.2) is 65.3 Å². The highest BCUT2D eigenvalue weighted by molar-refractivity contribution is 5.79. The molecule has 0 saturated carbocycles. The van der Waals surface area contributed by atoms with E-state index in [4.69, 9.17) is 14.1 Å². The largest absolute Gasteiger partial charge is 0.491 e. The molecule has 4 aromatic rings. The SMILES string of the molecule is Cc1cccc(C)c1OCCn1c(-c2ccco2)nc2ccccc21. The van der Waals surface area contributed by atoms with E-state index in [0.717, 1.165) is 39.5 Å². The minimum absolute atomic E-state index is 0.569. The summed E-state index contributed by atoms with van der Waals surface area (Å²) < 4.78 is 13.8. The molecule has 0 aliphatic carbocycles. The van der Waals surface area contributed by atoms with Gasteiger partial charge in [0.15, 0.2) is 11.6 Å². The number of aryl methyl sites for hydroxylation is 2. The van der Waals surface area contributed by atoms with Crippen molar-refractivity contribution in [3.8, 4) is 17.3 Å². The van der Waals surface area contributed by atoms with Crippen LogP contribution < -0.4 is 4.74 Å². The first-order valence-electron chi connectivity index (χ1n) is 8.42. The van der Waals surface area contributed by atoms with E-state index in [-0.39, 0.29) is 0 Å². The normalized spacial score (nSPS) is 11.1. The molecule has 0 N–H and O–H groups in total. The van der Waals surface area contributed by atoms with E-state index in [1.165, 1.54) is 0 Å². The minimum atomic E-state index is 0.569. The number of fused-ring (bicyclic) bond motifs is 1. The Labute approximate surface area is 146 Å². The van der Waals surface area contributed by atoms with Crippen LogP contribution in [0.3, 0.4) is 0 Å². The summed E-state index contributed by atoms with van der Waals surface area (Å²) in [4.78, 5) is 4.73. The number of hydrogen-bond acceptors (Lipinski definition) is 3. The Morgan fingerprint density at radius 2 is 1.76 bits per heavy atom. The smallest absolute Gasteiger partial charge is 0.177 e. The van der Waals surface area contributed by atoms with Crippen molar-refractivity contribution in [3.63, 3.8) is 0 Å². The van der Waals surface area contributed by atoms with Gasteiger partial charge >= 0.3 is 0 Å². The predicted octanol–water partition coefficient (Wildman–Crippen LogP) is 4.99. The number of rotatable bonds is 5. The van der Waals surface area contributed by atoms with Crippen LogP contribution in [-0.2, 0) is 6.54 Å². The monoisotopic (exact) mass is 332 g/mol. The molecular weight excluding hydrogens is 312 g/mol. The van der Waals surface area contributed by atoms with Gasteiger partial charge in [0.25, 0.3) is 0 Å². The molecule has 2 aromatic carbocycles. The molecule has 25 heavy (non-hydrogen) atoms. The van der Waals surface area contributed by atoms with Gasteiger partial charge in [0.05, 0.1) is 23.8 Å². The topological polar surface area (TPSA) is 40.2 Å². The maximum absolute atomic E-state index is 6.08. The lowest BCUT2D eigenvalue weighted by molar-refractivity contribution is 0.296. The van der Waals surface area contributed by atoms with Crippen LogP contribution in [0, 0.1) is 13.8 Å². The molecular formula is C21H20N2O2. The molecule has 126 valence electrons. The number of nitrogens with zero attached hydrogens (tertiary/aromatic N) is 2. The molecule has 0 saturated heterocycles. The first kappa shape index (κ1) is 15.5. The van der Waals surface area contributed by atoms with E-state index in [2.05, 4.69) is 42.7 Å². The quantitative estimate of drug-likeness (QED) is 0.517. The molecule has 0 bridgehead atoms. The van der Waals surface area contributed by atoms with Crippen LogP contribution in [0.2, 0.25) is 0 Å². The second kappa shape index (κ2) is 6.48. The summed E-state index contributed by atoms with van der Waals surface area (Å²) in [5.41, 5.74) is 4.35. The average Bonchev–Trinajstić information content (AvgIpc) is 3.25. The highest BCUT2D eigenvalue weighted by atomic mass is 16.5. The fourth-order valence-corrected chi connectivity index (χ4v) is 3.16. The Kier molecular flexibility index (Phi) is 4.02. The zero-order chi connectivity index (χ0) is 17.2. The lowest BCUT2D eigenvalue weighted by Gasteiger charge is -2.13. The van der Waals surface area contributed by atoms with Gasteiger partial charge in [-0.25, -0.2) is 4.98 Å². The van der Waals surface area contributed by atoms with Gasteiger partial charge < -0.3 is 13.7 Å². The van der Waals surface area contributed by atoms with E-state index >= 15 is 0 Å². The van der Waals surface area contributed by atoms with Crippen molar-refractivity contribution in [2.45, 2.75) is 20.4 Å². The van der Waals surface area contributed by atoms with Gasteiger partial charge in [0, 0.05) is 0 Å². The molecule has 2 aromatic heterocycles. The fraction of sp³-hybridized carbons (Fsp3) is 0.190. The summed E-state index contributed by atoms with van der Waals surface area (Å²) >= 11 is 0. The third-order valence-corrected chi connectivity index (χ3v) is 4.37. The zero-order valence-corrected chi connectivity index (χ0v) is 14.4. The van der Waals surface area contributed by atoms with E-state index in [9.17, 15) is 0 Å². The molecule has 0 spiro atoms. The summed E-state index contributed by atoms with van der Waals surface area (Å²) in [5.74, 6) is 2.56. The summed E-state index contributed by atoms with van der Waals surface area (Å²) in [6.45, 7) is 5.41. The maximum atomic E-state index is 6.08. The van der Waals surface area contributed by atoms with E-state index in [1.54, 1.807) is 6.26 Å². The number of imidazole rings is 1. The first-order valence-corrected chi connectivity index (χ1v) is 8.42. The van der Waals surface area contributed by atoms with Crippen LogP contribution in [-0.4, -0.2) is 16.2 Å². The standard InChI is InChI=1S/C21H20N2O2/c1-15-7-5-8-16(2)20(15)25-14-12-23-18-10-4-3-9-17(18)22-21(23)19-11-6-13-24-19/h3-11,13H,12,14H2,1-2H3. The lowest BCUT2D eigenvalue weighted by Crippen LogP contribution is -2.10. The summed E-state index contributed by atoms with van der Waals surface area (Å²) in [6, 6.07) is 18.1. The first-order chi connectivity index (χ1) is 12.2. The molecule has 2 heterocycles. The molecule has 0 fully saturated rings. The van der Waals surface area contributed by atoms with E-state index in [0.29, 0.717) is 13.2 Å². The molecule has 0 atom stereocenters. The molecule has 0 unspecified atom stereocenters. The van der Waals surface area contributed by atoms with Gasteiger partial charge in [-0.05, 0) is 49.2 Å². The number of ether oxygens (including phenoxy) is 1. The molecule has 0 aliphatic rings. The highest BCUT2D eigenvalue weighted by Crippen LogP contribution is 2.26. The number of benzene rings is 2. The Morgan fingerprint density at radius 1 is 0.960 bits per heavy atom. The van der Waals surface area contributed by atoms with Crippen molar-refractivity contribution in [1.82, 2.24) is 9.55 Å². The minimum Gasteiger partial charge on any atom is -0.491 e. The number of hydrogen-bond donors (Lipinski definition) is 0. The molecule has 4 heteroatoms. The van der Waals surface area contributed by atoms with Crippen LogP contribution in [0.1, 0.15) is 11.1 Å². The molecule has 0 radical (unpaired) electrons. The Bertz CT molecular complexity index is 980. The lowest BCUT2D eigenvalue weighted by atomic mass is 10.1. The number of furan rings is 1. The summed E-state index contributed by atoms with van der Waals surface area (Å²) in [5, 5.41) is 0. The zero-order valence-electron chi connectivity index (χ0n) is 14.4. The van der Waals surface area contributed by atoms with Crippen molar-refractivity contribution in [1.29, 1.82) is 0 Å². The highest BCUT2D eigenvalue weighted by Gasteiger charge is 2.14. The average molecular weight is 332 g/mol. The van der Waals surface area contributed by atoms with Crippen molar-refractivity contribution in [3.05, 3.63) is 72.0 Å². The third kappa shape index (κ3) is 2.91. The van der Waals surface area contributed by atoms with Crippen molar-refractivity contribution >= 4 is 11.0 Å². The van der Waals surface area contributed by atoms with Gasteiger partial charge in [-0.3, -0.25) is 0 Å². The van der Waals surface area contributed by atoms with E-state index in [1.807, 2.05) is 30.3 Å². The number of para-hydroxylation sites is 3. The Morgan fingerprint density at radius 3 is 2.52 bits per heavy atom. The van der Waals surface area contributed by atoms with Crippen molar-refractivity contribution in [2.75, 3.05) is 6.61 Å². The van der Waals surface area contributed by atoms with Crippen LogP contribution in [0.4, 0.5) is 0 Å². The second-order valence-electron chi connectivity index (χ2n) is 6.12. The third-order valence-electron chi connectivity index (χ3n) is 4.37. The van der Waals surface area contributed by atoms with Crippen LogP contribution in [0.5, 0.6) is 5.75 Å². The second-order valence-corrected chi connectivity index (χ2v) is 6.12. The molecule has 0 aliphatic heterocycles. The molecule has 4 nitrogen and oxygen atoms in total. The predicted molar refractivity (Wildman–Crippen MR) is 98.8 cm³/mol. The summed E-state index contributed by atoms with van der Waals surface area (Å²) in [6.07, 6.45) is 1.67. The maximum Gasteiger partial charge on any atom is 0.177 e. The van der Waals surface area contributed by atoms with Crippen LogP contribution in [0.25, 0.3) is 22.6 Å².